The summed E-state index contributed by atoms with van der Waals surface area (Å²) in [7, 11) is 1.31. The number of benzene rings is 2. The Morgan fingerprint density at radius 2 is 1.87 bits per heavy atom. The number of carbonyl (C=O) groups excluding carboxylic acids is 1. The molecule has 0 saturated heterocycles. The van der Waals surface area contributed by atoms with Gasteiger partial charge in [0.2, 0.25) is 0 Å². The van der Waals surface area contributed by atoms with Crippen LogP contribution in [0.4, 0.5) is 4.39 Å². The zero-order valence-electron chi connectivity index (χ0n) is 17.3. The van der Waals surface area contributed by atoms with Crippen LogP contribution in [0, 0.1) is 11.2 Å². The van der Waals surface area contributed by atoms with Gasteiger partial charge in [0.25, 0.3) is 5.91 Å². The maximum absolute atomic E-state index is 14.7. The van der Waals surface area contributed by atoms with Gasteiger partial charge in [-0.2, -0.15) is 0 Å². The van der Waals surface area contributed by atoms with Gasteiger partial charge >= 0.3 is 0 Å². The lowest BCUT2D eigenvalue weighted by molar-refractivity contribution is -0.131. The van der Waals surface area contributed by atoms with Gasteiger partial charge in [-0.25, -0.2) is 4.39 Å². The van der Waals surface area contributed by atoms with Gasteiger partial charge in [-0.05, 0) is 18.6 Å². The van der Waals surface area contributed by atoms with Gasteiger partial charge in [0.05, 0.1) is 13.2 Å². The Morgan fingerprint density at radius 3 is 2.42 bits per heavy atom. The largest absolute Gasteiger partial charge is 0.490 e. The molecule has 170 valence electrons. The molecule has 5 N–H and O–H groups in total. The Balaban J connectivity index is 0.00000480. The van der Waals surface area contributed by atoms with Crippen LogP contribution in [0.25, 0.3) is 0 Å². The van der Waals surface area contributed by atoms with E-state index in [1.807, 2.05) is 0 Å². The van der Waals surface area contributed by atoms with Crippen molar-refractivity contribution >= 4 is 24.1 Å². The van der Waals surface area contributed by atoms with Crippen molar-refractivity contribution < 1.29 is 28.5 Å². The van der Waals surface area contributed by atoms with Crippen LogP contribution in [0.2, 0.25) is 0 Å². The summed E-state index contributed by atoms with van der Waals surface area (Å²) in [5.41, 5.74) is 6.79. The lowest BCUT2D eigenvalue weighted by Gasteiger charge is -2.19. The molecule has 0 aliphatic heterocycles. The summed E-state index contributed by atoms with van der Waals surface area (Å²) in [6.07, 6.45) is -1.20. The van der Waals surface area contributed by atoms with Gasteiger partial charge in [-0.3, -0.25) is 10.2 Å². The minimum Gasteiger partial charge on any atom is -0.490 e. The van der Waals surface area contributed by atoms with Crippen LogP contribution in [0.3, 0.4) is 0 Å². The van der Waals surface area contributed by atoms with Gasteiger partial charge in [-0.15, -0.1) is 12.4 Å². The van der Waals surface area contributed by atoms with Crippen LogP contribution in [0.5, 0.6) is 11.5 Å². The molecule has 2 aromatic carbocycles. The molecule has 0 radical (unpaired) electrons. The van der Waals surface area contributed by atoms with Crippen LogP contribution < -0.4 is 20.5 Å². The highest BCUT2D eigenvalue weighted by molar-refractivity contribution is 5.94. The fraction of sp³-hybridized carbons (Fsp3) is 0.333. The number of carbonyl (C=O) groups is 1. The molecule has 31 heavy (non-hydrogen) atoms. The Hall–Kier alpha value is -2.88. The smallest absolute Gasteiger partial charge is 0.254 e. The SMILES string of the molecule is CCOc1cc([C@H](OC)C(=O)NCc2ccc(C(=N)N)cc2)c(F)cc1OCCO.Cl. The summed E-state index contributed by atoms with van der Waals surface area (Å²) in [6, 6.07) is 9.30. The number of nitrogens with two attached hydrogens (primary N) is 1. The average Bonchev–Trinajstić information content (AvgIpc) is 2.74. The van der Waals surface area contributed by atoms with E-state index in [1.54, 1.807) is 31.2 Å². The molecular weight excluding hydrogens is 429 g/mol. The number of rotatable bonds is 11. The first-order valence-electron chi connectivity index (χ1n) is 9.35. The van der Waals surface area contributed by atoms with Crippen LogP contribution >= 0.6 is 12.4 Å². The molecule has 0 aromatic heterocycles. The third-order valence-corrected chi connectivity index (χ3v) is 4.20. The molecule has 0 aliphatic carbocycles. The first-order chi connectivity index (χ1) is 14.4. The van der Waals surface area contributed by atoms with E-state index in [0.717, 1.165) is 11.6 Å². The highest BCUT2D eigenvalue weighted by Gasteiger charge is 2.26. The average molecular weight is 456 g/mol. The third kappa shape index (κ3) is 7.09. The second-order valence-electron chi connectivity index (χ2n) is 6.27. The number of methoxy groups -OCH3 is 1. The van der Waals surface area contributed by atoms with Crippen LogP contribution in [-0.4, -0.2) is 43.8 Å². The van der Waals surface area contributed by atoms with E-state index in [1.165, 1.54) is 13.2 Å². The van der Waals surface area contributed by atoms with Crippen LogP contribution in [-0.2, 0) is 16.1 Å². The first kappa shape index (κ1) is 26.2. The first-order valence-corrected chi connectivity index (χ1v) is 9.35. The third-order valence-electron chi connectivity index (χ3n) is 4.20. The molecular formula is C21H27ClFN3O5. The van der Waals surface area contributed by atoms with Gasteiger partial charge in [0, 0.05) is 30.8 Å². The minimum atomic E-state index is -1.20. The second-order valence-corrected chi connectivity index (χ2v) is 6.27. The van der Waals surface area contributed by atoms with E-state index >= 15 is 0 Å². The van der Waals surface area contributed by atoms with Gasteiger partial charge in [-0.1, -0.05) is 24.3 Å². The molecule has 8 nitrogen and oxygen atoms in total. The topological polar surface area (TPSA) is 127 Å². The Bertz CT molecular complexity index is 880. The van der Waals surface area contributed by atoms with Crippen LogP contribution in [0.15, 0.2) is 36.4 Å². The van der Waals surface area contributed by atoms with E-state index < -0.39 is 17.8 Å². The number of aliphatic hydroxyl groups is 1. The normalized spacial score (nSPS) is 11.2. The number of aliphatic hydroxyl groups excluding tert-OH is 1. The summed E-state index contributed by atoms with van der Waals surface area (Å²) in [5, 5.41) is 19.0. The van der Waals surface area contributed by atoms with Crippen molar-refractivity contribution in [2.24, 2.45) is 5.73 Å². The van der Waals surface area contributed by atoms with Crippen molar-refractivity contribution in [2.45, 2.75) is 19.6 Å². The molecule has 10 heteroatoms. The summed E-state index contributed by atoms with van der Waals surface area (Å²) in [6.45, 7) is 2.01. The van der Waals surface area contributed by atoms with Gasteiger partial charge in [0.15, 0.2) is 17.6 Å². The quantitative estimate of drug-likeness (QED) is 0.304. The lowest BCUT2D eigenvalue weighted by Crippen LogP contribution is -2.30. The van der Waals surface area contributed by atoms with E-state index in [0.29, 0.717) is 12.2 Å². The number of amides is 1. The predicted molar refractivity (Wildman–Crippen MR) is 116 cm³/mol. The minimum absolute atomic E-state index is 0. The Labute approximate surface area is 186 Å². The van der Waals surface area contributed by atoms with Crippen molar-refractivity contribution in [1.29, 1.82) is 5.41 Å². The molecule has 2 rings (SSSR count). The standard InChI is InChI=1S/C21H26FN3O5.ClH/c1-3-29-17-10-15(16(22)11-18(17)30-9-8-26)19(28-2)21(27)25-12-13-4-6-14(7-5-13)20(23)24;/h4-7,10-11,19,26H,3,8-9,12H2,1-2H3,(H3,23,24)(H,25,27);1H/t19-;/m0./s1. The van der Waals surface area contributed by atoms with E-state index in [9.17, 15) is 9.18 Å². The van der Waals surface area contributed by atoms with Crippen molar-refractivity contribution in [3.8, 4) is 11.5 Å². The molecule has 2 aromatic rings. The summed E-state index contributed by atoms with van der Waals surface area (Å²) in [5.74, 6) is -0.889. The highest BCUT2D eigenvalue weighted by atomic mass is 35.5. The molecule has 0 fully saturated rings. The van der Waals surface area contributed by atoms with Crippen molar-refractivity contribution in [2.75, 3.05) is 26.9 Å². The van der Waals surface area contributed by atoms with Gasteiger partial charge in [0.1, 0.15) is 18.3 Å². The number of ether oxygens (including phenoxy) is 3. The van der Waals surface area contributed by atoms with Gasteiger partial charge < -0.3 is 30.4 Å². The molecule has 0 spiro atoms. The summed E-state index contributed by atoms with van der Waals surface area (Å²) in [4.78, 5) is 12.6. The molecule has 0 saturated carbocycles. The molecule has 0 heterocycles. The molecule has 0 aliphatic rings. The summed E-state index contributed by atoms with van der Waals surface area (Å²) < 4.78 is 30.7. The maximum Gasteiger partial charge on any atom is 0.254 e. The number of amidine groups is 1. The van der Waals surface area contributed by atoms with Crippen molar-refractivity contribution in [3.63, 3.8) is 0 Å². The van der Waals surface area contributed by atoms with E-state index in [4.69, 9.17) is 30.5 Å². The predicted octanol–water partition coefficient (Wildman–Crippen LogP) is 2.31. The molecule has 0 bridgehead atoms. The number of halogens is 2. The zero-order chi connectivity index (χ0) is 22.1. The fourth-order valence-electron chi connectivity index (χ4n) is 2.75. The zero-order valence-corrected chi connectivity index (χ0v) is 18.1. The van der Waals surface area contributed by atoms with Crippen molar-refractivity contribution in [1.82, 2.24) is 5.32 Å². The second kappa shape index (κ2) is 12.7. The number of nitrogens with one attached hydrogen (secondary N) is 2. The van der Waals surface area contributed by atoms with Crippen molar-refractivity contribution in [3.05, 3.63) is 58.9 Å². The number of hydrogen-bond donors (Lipinski definition) is 4. The molecule has 1 atom stereocenters. The highest BCUT2D eigenvalue weighted by Crippen LogP contribution is 2.34. The fourth-order valence-corrected chi connectivity index (χ4v) is 2.75. The lowest BCUT2D eigenvalue weighted by atomic mass is 10.1. The summed E-state index contributed by atoms with van der Waals surface area (Å²) >= 11 is 0. The molecule has 1 amide bonds. The number of nitrogen functional groups attached to an aromatic ring is 1. The molecule has 0 unspecified atom stereocenters. The number of hydrogen-bond acceptors (Lipinski definition) is 6. The van der Waals surface area contributed by atoms with Crippen LogP contribution in [0.1, 0.15) is 29.7 Å². The Morgan fingerprint density at radius 1 is 1.23 bits per heavy atom. The monoisotopic (exact) mass is 455 g/mol. The van der Waals surface area contributed by atoms with E-state index in [2.05, 4.69) is 5.32 Å². The maximum atomic E-state index is 14.7. The van der Waals surface area contributed by atoms with E-state index in [-0.39, 0.29) is 55.1 Å². The Kier molecular flexibility index (Phi) is 10.7.